The molecular formula is C19H25N3O3. The molecule has 25 heavy (non-hydrogen) atoms. The summed E-state index contributed by atoms with van der Waals surface area (Å²) in [5.41, 5.74) is 2.94. The third-order valence-electron chi connectivity index (χ3n) is 4.71. The van der Waals surface area contributed by atoms with Gasteiger partial charge in [0.15, 0.2) is 0 Å². The van der Waals surface area contributed by atoms with E-state index in [0.29, 0.717) is 31.9 Å². The number of carbonyl (C=O) groups is 1. The molecule has 134 valence electrons. The smallest absolute Gasteiger partial charge is 0.317 e. The van der Waals surface area contributed by atoms with Crippen LogP contribution >= 0.6 is 0 Å². The first-order chi connectivity index (χ1) is 12.0. The molecule has 6 nitrogen and oxygen atoms in total. The van der Waals surface area contributed by atoms with Crippen LogP contribution in [-0.2, 0) is 6.42 Å². The van der Waals surface area contributed by atoms with E-state index < -0.39 is 6.10 Å². The Hall–Kier alpha value is -2.34. The normalized spacial score (nSPS) is 20.5. The van der Waals surface area contributed by atoms with Gasteiger partial charge in [0.2, 0.25) is 5.89 Å². The molecule has 0 bridgehead atoms. The molecule has 2 amide bonds. The maximum atomic E-state index is 12.2. The number of urea groups is 1. The third kappa shape index (κ3) is 4.39. The molecule has 1 aliphatic rings. The lowest BCUT2D eigenvalue weighted by molar-refractivity contribution is 0.0436. The Morgan fingerprint density at radius 1 is 1.40 bits per heavy atom. The van der Waals surface area contributed by atoms with E-state index >= 15 is 0 Å². The number of nitrogens with one attached hydrogen (secondary N) is 1. The highest BCUT2D eigenvalue weighted by Crippen LogP contribution is 2.19. The molecule has 0 aliphatic carbocycles. The van der Waals surface area contributed by atoms with Crippen molar-refractivity contribution < 1.29 is 14.3 Å². The molecule has 1 aromatic carbocycles. The van der Waals surface area contributed by atoms with Gasteiger partial charge in [-0.2, -0.15) is 0 Å². The van der Waals surface area contributed by atoms with Crippen molar-refractivity contribution in [1.29, 1.82) is 0 Å². The summed E-state index contributed by atoms with van der Waals surface area (Å²) in [7, 11) is 0. The van der Waals surface area contributed by atoms with Gasteiger partial charge in [-0.05, 0) is 31.4 Å². The standard InChI is InChI=1S/C19H25N3O3/c1-13-3-5-15(6-4-13)18-21-16(12-25-18)7-9-20-19(24)22-10-8-14(2)17(23)11-22/h3-6,12,14,17,23H,7-11H2,1-2H3,(H,20,24). The number of nitrogens with zero attached hydrogens (tertiary/aromatic N) is 2. The van der Waals surface area contributed by atoms with Crippen LogP contribution in [0.4, 0.5) is 4.79 Å². The van der Waals surface area contributed by atoms with Crippen molar-refractivity contribution in [3.05, 3.63) is 41.8 Å². The number of likely N-dealkylation sites (tertiary alicyclic amines) is 1. The molecule has 2 unspecified atom stereocenters. The molecule has 0 radical (unpaired) electrons. The lowest BCUT2D eigenvalue weighted by Gasteiger charge is -2.34. The van der Waals surface area contributed by atoms with Gasteiger partial charge in [0.25, 0.3) is 0 Å². The minimum Gasteiger partial charge on any atom is -0.444 e. The van der Waals surface area contributed by atoms with Crippen LogP contribution in [0.25, 0.3) is 11.5 Å². The zero-order valence-electron chi connectivity index (χ0n) is 14.7. The van der Waals surface area contributed by atoms with E-state index in [1.165, 1.54) is 5.56 Å². The minimum absolute atomic E-state index is 0.131. The maximum absolute atomic E-state index is 12.2. The molecule has 0 saturated carbocycles. The molecule has 1 aliphatic heterocycles. The van der Waals surface area contributed by atoms with Crippen molar-refractivity contribution in [3.63, 3.8) is 0 Å². The van der Waals surface area contributed by atoms with Gasteiger partial charge >= 0.3 is 6.03 Å². The Kier molecular flexibility index (Phi) is 5.38. The first-order valence-electron chi connectivity index (χ1n) is 8.75. The second-order valence-corrected chi connectivity index (χ2v) is 6.77. The Morgan fingerprint density at radius 2 is 2.16 bits per heavy atom. The quantitative estimate of drug-likeness (QED) is 0.894. The Bertz CT molecular complexity index is 711. The van der Waals surface area contributed by atoms with E-state index in [0.717, 1.165) is 17.7 Å². The van der Waals surface area contributed by atoms with Crippen LogP contribution in [-0.4, -0.2) is 46.8 Å². The van der Waals surface area contributed by atoms with E-state index in [-0.39, 0.29) is 11.9 Å². The first-order valence-corrected chi connectivity index (χ1v) is 8.75. The molecule has 2 atom stereocenters. The maximum Gasteiger partial charge on any atom is 0.317 e. The molecular weight excluding hydrogens is 318 g/mol. The SMILES string of the molecule is Cc1ccc(-c2nc(CCNC(=O)N3CCC(C)C(O)C3)co2)cc1. The highest BCUT2D eigenvalue weighted by atomic mass is 16.3. The molecule has 1 aromatic heterocycles. The summed E-state index contributed by atoms with van der Waals surface area (Å²) in [5.74, 6) is 0.842. The summed E-state index contributed by atoms with van der Waals surface area (Å²) in [5, 5.41) is 12.8. The van der Waals surface area contributed by atoms with Crippen molar-refractivity contribution in [2.75, 3.05) is 19.6 Å². The summed E-state index contributed by atoms with van der Waals surface area (Å²) in [6, 6.07) is 7.87. The monoisotopic (exact) mass is 343 g/mol. The average Bonchev–Trinajstić information content (AvgIpc) is 3.06. The number of aryl methyl sites for hydroxylation is 1. The molecule has 1 fully saturated rings. The number of aliphatic hydroxyl groups is 1. The number of aliphatic hydroxyl groups excluding tert-OH is 1. The van der Waals surface area contributed by atoms with Gasteiger partial charge in [-0.15, -0.1) is 0 Å². The van der Waals surface area contributed by atoms with Gasteiger partial charge < -0.3 is 19.7 Å². The Morgan fingerprint density at radius 3 is 2.88 bits per heavy atom. The van der Waals surface area contributed by atoms with E-state index in [2.05, 4.69) is 10.3 Å². The lowest BCUT2D eigenvalue weighted by Crippen LogP contribution is -2.49. The van der Waals surface area contributed by atoms with Crippen LogP contribution in [0.5, 0.6) is 0 Å². The van der Waals surface area contributed by atoms with Crippen LogP contribution in [0.1, 0.15) is 24.6 Å². The number of hydrogen-bond donors (Lipinski definition) is 2. The van der Waals surface area contributed by atoms with Crippen molar-refractivity contribution in [2.45, 2.75) is 32.8 Å². The molecule has 2 heterocycles. The zero-order valence-corrected chi connectivity index (χ0v) is 14.7. The number of β-amino-alcohol motifs (C(OH)–C–C–N with tert-alkyl or cyclic N) is 1. The largest absolute Gasteiger partial charge is 0.444 e. The average molecular weight is 343 g/mol. The Labute approximate surface area is 147 Å². The number of amides is 2. The van der Waals surface area contributed by atoms with Crippen molar-refractivity contribution in [3.8, 4) is 11.5 Å². The fourth-order valence-electron chi connectivity index (χ4n) is 2.89. The second-order valence-electron chi connectivity index (χ2n) is 6.77. The van der Waals surface area contributed by atoms with Crippen LogP contribution in [0.15, 0.2) is 34.9 Å². The highest BCUT2D eigenvalue weighted by Gasteiger charge is 2.26. The number of rotatable bonds is 4. The summed E-state index contributed by atoms with van der Waals surface area (Å²) >= 11 is 0. The topological polar surface area (TPSA) is 78.6 Å². The van der Waals surface area contributed by atoms with Crippen molar-refractivity contribution in [1.82, 2.24) is 15.2 Å². The number of hydrogen-bond acceptors (Lipinski definition) is 4. The van der Waals surface area contributed by atoms with Crippen LogP contribution < -0.4 is 5.32 Å². The van der Waals surface area contributed by atoms with Gasteiger partial charge in [-0.25, -0.2) is 9.78 Å². The van der Waals surface area contributed by atoms with Crippen molar-refractivity contribution >= 4 is 6.03 Å². The number of oxazole rings is 1. The summed E-state index contributed by atoms with van der Waals surface area (Å²) in [4.78, 5) is 18.3. The van der Waals surface area contributed by atoms with Crippen molar-refractivity contribution in [2.24, 2.45) is 5.92 Å². The Balaban J connectivity index is 1.48. The van der Waals surface area contributed by atoms with E-state index in [4.69, 9.17) is 4.42 Å². The lowest BCUT2D eigenvalue weighted by atomic mass is 9.96. The number of carbonyl (C=O) groups excluding carboxylic acids is 1. The molecule has 1 saturated heterocycles. The predicted molar refractivity (Wildman–Crippen MR) is 95.1 cm³/mol. The van der Waals surface area contributed by atoms with E-state index in [1.807, 2.05) is 38.1 Å². The number of benzene rings is 1. The fourth-order valence-corrected chi connectivity index (χ4v) is 2.89. The zero-order chi connectivity index (χ0) is 17.8. The second kappa shape index (κ2) is 7.70. The van der Waals surface area contributed by atoms with Gasteiger partial charge in [0.05, 0.1) is 11.8 Å². The third-order valence-corrected chi connectivity index (χ3v) is 4.71. The summed E-state index contributed by atoms with van der Waals surface area (Å²) < 4.78 is 5.52. The van der Waals surface area contributed by atoms with Gasteiger partial charge in [-0.1, -0.05) is 24.6 Å². The molecule has 6 heteroatoms. The van der Waals surface area contributed by atoms with E-state index in [1.54, 1.807) is 11.2 Å². The molecule has 2 N–H and O–H groups in total. The fraction of sp³-hybridized carbons (Fsp3) is 0.474. The van der Waals surface area contributed by atoms with E-state index in [9.17, 15) is 9.90 Å². The molecule has 3 rings (SSSR count). The summed E-state index contributed by atoms with van der Waals surface area (Å²) in [6.07, 6.45) is 2.63. The van der Waals surface area contributed by atoms with Crippen LogP contribution in [0.2, 0.25) is 0 Å². The first kappa shape index (κ1) is 17.5. The highest BCUT2D eigenvalue weighted by molar-refractivity contribution is 5.74. The number of aromatic nitrogens is 1. The predicted octanol–water partition coefficient (Wildman–Crippen LogP) is 2.60. The molecule has 2 aromatic rings. The number of piperidine rings is 1. The minimum atomic E-state index is -0.438. The van der Waals surface area contributed by atoms with Gasteiger partial charge in [-0.3, -0.25) is 0 Å². The van der Waals surface area contributed by atoms with Gasteiger partial charge in [0.1, 0.15) is 6.26 Å². The van der Waals surface area contributed by atoms with Gasteiger partial charge in [0, 0.05) is 31.6 Å². The summed E-state index contributed by atoms with van der Waals surface area (Å²) in [6.45, 7) is 5.62. The molecule has 0 spiro atoms. The van der Waals surface area contributed by atoms with Crippen LogP contribution in [0, 0.1) is 12.8 Å². The van der Waals surface area contributed by atoms with Crippen LogP contribution in [0.3, 0.4) is 0 Å².